The van der Waals surface area contributed by atoms with Crippen LogP contribution in [0.25, 0.3) is 11.3 Å². The van der Waals surface area contributed by atoms with Gasteiger partial charge in [-0.05, 0) is 24.3 Å². The number of carbonyl (C=O) groups excluding carboxylic acids is 1. The SMILES string of the molecule is O=C(Nc1nc(-c2ccc([N+](=O)[O-])cc2)cs1)c1ccc([N+](=O)[O-])cc1. The minimum Gasteiger partial charge on any atom is -0.298 e. The fraction of sp³-hybridized carbons (Fsp3) is 0. The first-order chi connectivity index (χ1) is 12.4. The van der Waals surface area contributed by atoms with Gasteiger partial charge in [0.25, 0.3) is 17.3 Å². The van der Waals surface area contributed by atoms with Gasteiger partial charge in [-0.3, -0.25) is 30.3 Å². The molecule has 0 saturated carbocycles. The molecule has 0 saturated heterocycles. The van der Waals surface area contributed by atoms with Crippen LogP contribution in [0, 0.1) is 20.2 Å². The summed E-state index contributed by atoms with van der Waals surface area (Å²) in [5.41, 5.74) is 1.40. The van der Waals surface area contributed by atoms with Crippen LogP contribution in [0.4, 0.5) is 16.5 Å². The number of hydrogen-bond donors (Lipinski definition) is 1. The van der Waals surface area contributed by atoms with Crippen molar-refractivity contribution in [3.05, 3.63) is 79.7 Å². The quantitative estimate of drug-likeness (QED) is 0.536. The summed E-state index contributed by atoms with van der Waals surface area (Å²) in [7, 11) is 0. The van der Waals surface area contributed by atoms with Gasteiger partial charge in [-0.25, -0.2) is 4.98 Å². The highest BCUT2D eigenvalue weighted by Gasteiger charge is 2.13. The molecule has 2 aromatic carbocycles. The number of amides is 1. The van der Waals surface area contributed by atoms with E-state index in [9.17, 15) is 25.0 Å². The summed E-state index contributed by atoms with van der Waals surface area (Å²) in [5.74, 6) is -0.440. The zero-order valence-corrected chi connectivity index (χ0v) is 13.8. The molecule has 1 amide bonds. The number of nitrogens with zero attached hydrogens (tertiary/aromatic N) is 3. The molecule has 0 aliphatic carbocycles. The lowest BCUT2D eigenvalue weighted by Crippen LogP contribution is -2.11. The van der Waals surface area contributed by atoms with Gasteiger partial charge >= 0.3 is 0 Å². The number of nitrogens with one attached hydrogen (secondary N) is 1. The predicted octanol–water partition coefficient (Wildman–Crippen LogP) is 3.88. The molecule has 0 unspecified atom stereocenters. The molecule has 9 nitrogen and oxygen atoms in total. The Morgan fingerprint density at radius 2 is 1.46 bits per heavy atom. The van der Waals surface area contributed by atoms with Gasteiger partial charge in [0.1, 0.15) is 0 Å². The minimum atomic E-state index is -0.543. The van der Waals surface area contributed by atoms with Gasteiger partial charge in [0.2, 0.25) is 0 Å². The monoisotopic (exact) mass is 370 g/mol. The average molecular weight is 370 g/mol. The summed E-state index contributed by atoms with van der Waals surface area (Å²) in [4.78, 5) is 36.7. The van der Waals surface area contributed by atoms with Gasteiger partial charge < -0.3 is 0 Å². The number of non-ortho nitro benzene ring substituents is 2. The van der Waals surface area contributed by atoms with Crippen molar-refractivity contribution in [3.8, 4) is 11.3 Å². The van der Waals surface area contributed by atoms with Crippen LogP contribution in [-0.2, 0) is 0 Å². The second-order valence-electron chi connectivity index (χ2n) is 5.10. The second kappa shape index (κ2) is 7.07. The molecule has 130 valence electrons. The highest BCUT2D eigenvalue weighted by atomic mass is 32.1. The van der Waals surface area contributed by atoms with Crippen LogP contribution in [0.5, 0.6) is 0 Å². The van der Waals surface area contributed by atoms with E-state index in [-0.39, 0.29) is 16.9 Å². The molecule has 0 bridgehead atoms. The summed E-state index contributed by atoms with van der Waals surface area (Å²) < 4.78 is 0. The number of anilines is 1. The molecular formula is C16H10N4O5S. The van der Waals surface area contributed by atoms with Crippen LogP contribution < -0.4 is 5.32 Å². The molecule has 1 aromatic heterocycles. The molecule has 0 fully saturated rings. The van der Waals surface area contributed by atoms with Gasteiger partial charge in [-0.15, -0.1) is 11.3 Å². The van der Waals surface area contributed by atoms with Crippen molar-refractivity contribution in [2.45, 2.75) is 0 Å². The number of nitro groups is 2. The third-order valence-electron chi connectivity index (χ3n) is 3.44. The normalized spacial score (nSPS) is 10.3. The largest absolute Gasteiger partial charge is 0.298 e. The summed E-state index contributed by atoms with van der Waals surface area (Å²) in [6.45, 7) is 0. The lowest BCUT2D eigenvalue weighted by Gasteiger charge is -2.01. The maximum atomic E-state index is 12.2. The number of thiazole rings is 1. The Balaban J connectivity index is 1.72. The van der Waals surface area contributed by atoms with E-state index in [1.54, 1.807) is 17.5 Å². The van der Waals surface area contributed by atoms with Crippen LogP contribution in [0.15, 0.2) is 53.9 Å². The summed E-state index contributed by atoms with van der Waals surface area (Å²) in [6.07, 6.45) is 0. The molecule has 0 aliphatic rings. The van der Waals surface area contributed by atoms with E-state index in [1.807, 2.05) is 0 Å². The summed E-state index contributed by atoms with van der Waals surface area (Å²) in [5, 5.41) is 26.0. The molecule has 0 spiro atoms. The standard InChI is InChI=1S/C16H10N4O5S/c21-15(11-3-7-13(8-4-11)20(24)25)18-16-17-14(9-26-16)10-1-5-12(6-2-10)19(22)23/h1-9H,(H,17,18,21). The van der Waals surface area contributed by atoms with Crippen molar-refractivity contribution in [3.63, 3.8) is 0 Å². The number of hydrogen-bond acceptors (Lipinski definition) is 7. The Hall–Kier alpha value is -3.66. The van der Waals surface area contributed by atoms with Crippen LogP contribution >= 0.6 is 11.3 Å². The fourth-order valence-corrected chi connectivity index (χ4v) is 2.84. The molecule has 1 heterocycles. The van der Waals surface area contributed by atoms with Gasteiger partial charge in [-0.2, -0.15) is 0 Å². The third kappa shape index (κ3) is 3.70. The first-order valence-electron chi connectivity index (χ1n) is 7.20. The topological polar surface area (TPSA) is 128 Å². The maximum absolute atomic E-state index is 12.2. The zero-order valence-electron chi connectivity index (χ0n) is 13.0. The van der Waals surface area contributed by atoms with E-state index in [0.717, 1.165) is 0 Å². The maximum Gasteiger partial charge on any atom is 0.269 e. The van der Waals surface area contributed by atoms with Crippen LogP contribution in [0.3, 0.4) is 0 Å². The van der Waals surface area contributed by atoms with Gasteiger partial charge in [0, 0.05) is 40.8 Å². The smallest absolute Gasteiger partial charge is 0.269 e. The molecule has 1 N–H and O–H groups in total. The minimum absolute atomic E-state index is 0.0179. The number of carbonyl (C=O) groups is 1. The molecule has 10 heteroatoms. The van der Waals surface area contributed by atoms with E-state index in [4.69, 9.17) is 0 Å². The molecule has 26 heavy (non-hydrogen) atoms. The predicted molar refractivity (Wildman–Crippen MR) is 95.3 cm³/mol. The number of benzene rings is 2. The molecular weight excluding hydrogens is 360 g/mol. The average Bonchev–Trinajstić information content (AvgIpc) is 3.10. The van der Waals surface area contributed by atoms with E-state index in [0.29, 0.717) is 16.4 Å². The van der Waals surface area contributed by atoms with Gasteiger partial charge in [0.15, 0.2) is 5.13 Å². The van der Waals surface area contributed by atoms with E-state index >= 15 is 0 Å². The fourth-order valence-electron chi connectivity index (χ4n) is 2.12. The lowest BCUT2D eigenvalue weighted by molar-refractivity contribution is -0.385. The number of aromatic nitrogens is 1. The molecule has 3 aromatic rings. The molecule has 0 radical (unpaired) electrons. The Kier molecular flexibility index (Phi) is 4.67. The van der Waals surface area contributed by atoms with Gasteiger partial charge in [0.05, 0.1) is 15.5 Å². The number of nitro benzene ring substituents is 2. The highest BCUT2D eigenvalue weighted by molar-refractivity contribution is 7.14. The van der Waals surface area contributed by atoms with Crippen molar-refractivity contribution < 1.29 is 14.6 Å². The molecule has 3 rings (SSSR count). The van der Waals surface area contributed by atoms with Crippen molar-refractivity contribution in [1.29, 1.82) is 0 Å². The first kappa shape index (κ1) is 17.2. The van der Waals surface area contributed by atoms with Crippen LogP contribution in [-0.4, -0.2) is 20.7 Å². The lowest BCUT2D eigenvalue weighted by atomic mass is 10.1. The van der Waals surface area contributed by atoms with E-state index in [2.05, 4.69) is 10.3 Å². The molecule has 0 atom stereocenters. The zero-order chi connectivity index (χ0) is 18.7. The summed E-state index contributed by atoms with van der Waals surface area (Å²) >= 11 is 1.20. The Bertz CT molecular complexity index is 983. The highest BCUT2D eigenvalue weighted by Crippen LogP contribution is 2.26. The van der Waals surface area contributed by atoms with E-state index < -0.39 is 15.8 Å². The molecule has 0 aliphatic heterocycles. The van der Waals surface area contributed by atoms with Crippen molar-refractivity contribution in [2.24, 2.45) is 0 Å². The van der Waals surface area contributed by atoms with Gasteiger partial charge in [-0.1, -0.05) is 0 Å². The number of rotatable bonds is 5. The van der Waals surface area contributed by atoms with Crippen molar-refractivity contribution >= 4 is 33.8 Å². The summed E-state index contributed by atoms with van der Waals surface area (Å²) in [6, 6.07) is 11.1. The Morgan fingerprint density at radius 1 is 0.923 bits per heavy atom. The third-order valence-corrected chi connectivity index (χ3v) is 4.20. The van der Waals surface area contributed by atoms with Crippen molar-refractivity contribution in [1.82, 2.24) is 4.98 Å². The van der Waals surface area contributed by atoms with Crippen LogP contribution in [0.1, 0.15) is 10.4 Å². The Labute approximate surface area is 150 Å². The Morgan fingerprint density at radius 3 is 2.00 bits per heavy atom. The first-order valence-corrected chi connectivity index (χ1v) is 8.08. The van der Waals surface area contributed by atoms with E-state index in [1.165, 1.54) is 47.7 Å². The van der Waals surface area contributed by atoms with Crippen molar-refractivity contribution in [2.75, 3.05) is 5.32 Å². The van der Waals surface area contributed by atoms with Crippen LogP contribution in [0.2, 0.25) is 0 Å². The second-order valence-corrected chi connectivity index (χ2v) is 5.96.